The van der Waals surface area contributed by atoms with Crippen LogP contribution in [0.15, 0.2) is 0 Å². The van der Waals surface area contributed by atoms with Gasteiger partial charge in [-0.05, 0) is 13.8 Å². The second-order valence-corrected chi connectivity index (χ2v) is 3.43. The van der Waals surface area contributed by atoms with Crippen molar-refractivity contribution >= 4 is 0 Å². The summed E-state index contributed by atoms with van der Waals surface area (Å²) in [5, 5.41) is 21.3. The van der Waals surface area contributed by atoms with Crippen molar-refractivity contribution in [1.82, 2.24) is 5.32 Å². The zero-order chi connectivity index (χ0) is 11.5. The highest BCUT2D eigenvalue weighted by atomic mass is 16.5. The Labute approximate surface area is 91.4 Å². The Morgan fingerprint density at radius 2 is 1.80 bits per heavy atom. The molecule has 0 aliphatic rings. The maximum atomic E-state index is 9.41. The van der Waals surface area contributed by atoms with Crippen LogP contribution >= 0.6 is 0 Å². The predicted molar refractivity (Wildman–Crippen MR) is 57.9 cm³/mol. The third-order valence-electron chi connectivity index (χ3n) is 1.71. The quantitative estimate of drug-likeness (QED) is 0.429. The molecule has 0 spiro atoms. The van der Waals surface area contributed by atoms with Crippen molar-refractivity contribution in [2.75, 3.05) is 39.5 Å². The van der Waals surface area contributed by atoms with Crippen molar-refractivity contribution in [3.05, 3.63) is 0 Å². The minimum atomic E-state index is -0.537. The lowest BCUT2D eigenvalue weighted by Gasteiger charge is -2.13. The molecule has 2 unspecified atom stereocenters. The first-order valence-corrected chi connectivity index (χ1v) is 5.39. The third kappa shape index (κ3) is 11.7. The van der Waals surface area contributed by atoms with Gasteiger partial charge in [0.05, 0.1) is 32.0 Å². The molecule has 15 heavy (non-hydrogen) atoms. The average molecular weight is 221 g/mol. The number of nitrogens with one attached hydrogen (secondary N) is 1. The molecule has 0 fully saturated rings. The molecule has 0 bridgehead atoms. The summed E-state index contributed by atoms with van der Waals surface area (Å²) in [4.78, 5) is 0. The summed E-state index contributed by atoms with van der Waals surface area (Å²) in [5.74, 6) is 0. The van der Waals surface area contributed by atoms with Crippen LogP contribution in [0, 0.1) is 0 Å². The third-order valence-corrected chi connectivity index (χ3v) is 1.71. The number of hydrogen-bond acceptors (Lipinski definition) is 5. The first-order chi connectivity index (χ1) is 7.16. The normalized spacial score (nSPS) is 15.2. The van der Waals surface area contributed by atoms with Gasteiger partial charge in [0.2, 0.25) is 0 Å². The van der Waals surface area contributed by atoms with E-state index in [9.17, 15) is 5.11 Å². The zero-order valence-corrected chi connectivity index (χ0v) is 9.61. The number of aliphatic hydroxyl groups excluding tert-OH is 2. The van der Waals surface area contributed by atoms with Crippen molar-refractivity contribution in [3.63, 3.8) is 0 Å². The highest BCUT2D eigenvalue weighted by Crippen LogP contribution is 1.85. The summed E-state index contributed by atoms with van der Waals surface area (Å²) in [6.07, 6.45) is -0.929. The Bertz CT molecular complexity index is 133. The SMILES string of the molecule is CCOCCOCC(O)CNCC(C)O. The molecule has 0 amide bonds. The second-order valence-electron chi connectivity index (χ2n) is 3.43. The van der Waals surface area contributed by atoms with Crippen LogP contribution in [0.25, 0.3) is 0 Å². The Balaban J connectivity index is 3.15. The van der Waals surface area contributed by atoms with Gasteiger partial charge < -0.3 is 25.0 Å². The maximum Gasteiger partial charge on any atom is 0.0897 e. The molecule has 2 atom stereocenters. The largest absolute Gasteiger partial charge is 0.392 e. The lowest BCUT2D eigenvalue weighted by atomic mass is 10.3. The van der Waals surface area contributed by atoms with Gasteiger partial charge in [-0.25, -0.2) is 0 Å². The Hall–Kier alpha value is -0.200. The van der Waals surface area contributed by atoms with Crippen LogP contribution in [0.5, 0.6) is 0 Å². The van der Waals surface area contributed by atoms with Gasteiger partial charge >= 0.3 is 0 Å². The molecular formula is C10H23NO4. The molecular weight excluding hydrogens is 198 g/mol. The van der Waals surface area contributed by atoms with Crippen molar-refractivity contribution in [1.29, 1.82) is 0 Å². The van der Waals surface area contributed by atoms with E-state index in [1.165, 1.54) is 0 Å². The van der Waals surface area contributed by atoms with Gasteiger partial charge in [-0.3, -0.25) is 0 Å². The van der Waals surface area contributed by atoms with Crippen LogP contribution in [0.3, 0.4) is 0 Å². The first-order valence-electron chi connectivity index (χ1n) is 5.39. The molecule has 3 N–H and O–H groups in total. The molecule has 0 aliphatic heterocycles. The number of hydrogen-bond donors (Lipinski definition) is 3. The van der Waals surface area contributed by atoms with E-state index in [4.69, 9.17) is 14.6 Å². The van der Waals surface area contributed by atoms with Crippen molar-refractivity contribution in [2.45, 2.75) is 26.1 Å². The van der Waals surface area contributed by atoms with Crippen LogP contribution in [0.2, 0.25) is 0 Å². The summed E-state index contributed by atoms with van der Waals surface area (Å²) >= 11 is 0. The standard InChI is InChI=1S/C10H23NO4/c1-3-14-4-5-15-8-10(13)7-11-6-9(2)12/h9-13H,3-8H2,1-2H3. The van der Waals surface area contributed by atoms with Crippen LogP contribution in [-0.2, 0) is 9.47 Å². The van der Waals surface area contributed by atoms with E-state index in [2.05, 4.69) is 5.32 Å². The Morgan fingerprint density at radius 3 is 2.40 bits per heavy atom. The van der Waals surface area contributed by atoms with Gasteiger partial charge in [0.15, 0.2) is 0 Å². The number of ether oxygens (including phenoxy) is 2. The number of rotatable bonds is 10. The summed E-state index contributed by atoms with van der Waals surface area (Å²) in [6, 6.07) is 0. The van der Waals surface area contributed by atoms with E-state index in [1.54, 1.807) is 6.92 Å². The van der Waals surface area contributed by atoms with Crippen LogP contribution < -0.4 is 5.32 Å². The van der Waals surface area contributed by atoms with Crippen molar-refractivity contribution in [3.8, 4) is 0 Å². The van der Waals surface area contributed by atoms with Crippen LogP contribution in [0.4, 0.5) is 0 Å². The fraction of sp³-hybridized carbons (Fsp3) is 1.00. The van der Waals surface area contributed by atoms with Crippen LogP contribution in [-0.4, -0.2) is 61.9 Å². The Morgan fingerprint density at radius 1 is 1.13 bits per heavy atom. The van der Waals surface area contributed by atoms with E-state index in [0.717, 1.165) is 0 Å². The summed E-state index contributed by atoms with van der Waals surface area (Å²) in [6.45, 7) is 6.57. The second kappa shape index (κ2) is 10.3. The van der Waals surface area contributed by atoms with Gasteiger partial charge in [-0.2, -0.15) is 0 Å². The number of aliphatic hydroxyl groups is 2. The highest BCUT2D eigenvalue weighted by molar-refractivity contribution is 4.60. The summed E-state index contributed by atoms with van der Waals surface area (Å²) in [7, 11) is 0. The lowest BCUT2D eigenvalue weighted by molar-refractivity contribution is 0.00586. The van der Waals surface area contributed by atoms with Gasteiger partial charge in [0.1, 0.15) is 0 Å². The fourth-order valence-electron chi connectivity index (χ4n) is 0.999. The average Bonchev–Trinajstić information content (AvgIpc) is 2.17. The van der Waals surface area contributed by atoms with Gasteiger partial charge in [0, 0.05) is 19.7 Å². The van der Waals surface area contributed by atoms with Crippen LogP contribution in [0.1, 0.15) is 13.8 Å². The molecule has 0 aromatic rings. The minimum Gasteiger partial charge on any atom is -0.392 e. The molecule has 5 nitrogen and oxygen atoms in total. The molecule has 0 aromatic carbocycles. The molecule has 0 aromatic heterocycles. The van der Waals surface area contributed by atoms with Crippen molar-refractivity contribution < 1.29 is 19.7 Å². The van der Waals surface area contributed by atoms with E-state index < -0.39 is 12.2 Å². The monoisotopic (exact) mass is 221 g/mol. The molecule has 0 aliphatic carbocycles. The van der Waals surface area contributed by atoms with Gasteiger partial charge in [0.25, 0.3) is 0 Å². The van der Waals surface area contributed by atoms with E-state index >= 15 is 0 Å². The molecule has 0 heterocycles. The lowest BCUT2D eigenvalue weighted by Crippen LogP contribution is -2.34. The molecule has 92 valence electrons. The van der Waals surface area contributed by atoms with Gasteiger partial charge in [-0.1, -0.05) is 0 Å². The molecule has 0 radical (unpaired) electrons. The predicted octanol–water partition coefficient (Wildman–Crippen LogP) is -0.629. The maximum absolute atomic E-state index is 9.41. The molecule has 5 heteroatoms. The molecule has 0 saturated heterocycles. The Kier molecular flexibility index (Phi) is 10.2. The smallest absolute Gasteiger partial charge is 0.0897 e. The summed E-state index contributed by atoms with van der Waals surface area (Å²) < 4.78 is 10.3. The minimum absolute atomic E-state index is 0.292. The highest BCUT2D eigenvalue weighted by Gasteiger charge is 2.04. The van der Waals surface area contributed by atoms with E-state index in [0.29, 0.717) is 39.5 Å². The van der Waals surface area contributed by atoms with E-state index in [-0.39, 0.29) is 0 Å². The van der Waals surface area contributed by atoms with E-state index in [1.807, 2.05) is 6.92 Å². The zero-order valence-electron chi connectivity index (χ0n) is 9.61. The van der Waals surface area contributed by atoms with Crippen molar-refractivity contribution in [2.24, 2.45) is 0 Å². The fourth-order valence-corrected chi connectivity index (χ4v) is 0.999. The first kappa shape index (κ1) is 14.8. The molecule has 0 rings (SSSR count). The topological polar surface area (TPSA) is 71.0 Å². The summed E-state index contributed by atoms with van der Waals surface area (Å²) in [5.41, 5.74) is 0. The molecule has 0 saturated carbocycles. The van der Waals surface area contributed by atoms with Gasteiger partial charge in [-0.15, -0.1) is 0 Å².